The van der Waals surface area contributed by atoms with Gasteiger partial charge in [-0.25, -0.2) is 0 Å². The van der Waals surface area contributed by atoms with E-state index in [0.717, 1.165) is 18.5 Å². The van der Waals surface area contributed by atoms with Crippen molar-refractivity contribution in [3.63, 3.8) is 0 Å². The van der Waals surface area contributed by atoms with Gasteiger partial charge in [-0.05, 0) is 38.7 Å². The van der Waals surface area contributed by atoms with E-state index in [1.807, 2.05) is 26.2 Å². The minimum atomic E-state index is -0.0569. The normalized spacial score (nSPS) is 13.2. The van der Waals surface area contributed by atoms with Gasteiger partial charge in [0.25, 0.3) is 0 Å². The molecule has 1 aromatic rings. The molecule has 0 spiro atoms. The van der Waals surface area contributed by atoms with Crippen LogP contribution in [0.5, 0.6) is 0 Å². The third-order valence-corrected chi connectivity index (χ3v) is 3.10. The zero-order chi connectivity index (χ0) is 11.4. The predicted octanol–water partition coefficient (Wildman–Crippen LogP) is 2.94. The fraction of sp³-hybridized carbons (Fsp3) is 0.455. The minimum Gasteiger partial charge on any atom is -0.324 e. The molecular formula is C11H16Cl2N2. The Morgan fingerprint density at radius 3 is 2.60 bits per heavy atom. The van der Waals surface area contributed by atoms with Crippen molar-refractivity contribution in [2.75, 3.05) is 20.6 Å². The van der Waals surface area contributed by atoms with E-state index in [1.165, 1.54) is 0 Å². The number of benzene rings is 1. The highest BCUT2D eigenvalue weighted by Crippen LogP contribution is 2.30. The Kier molecular flexibility index (Phi) is 4.87. The van der Waals surface area contributed by atoms with Gasteiger partial charge in [-0.3, -0.25) is 0 Å². The van der Waals surface area contributed by atoms with E-state index < -0.39 is 0 Å². The second-order valence-electron chi connectivity index (χ2n) is 3.84. The van der Waals surface area contributed by atoms with Crippen molar-refractivity contribution in [3.8, 4) is 0 Å². The zero-order valence-electron chi connectivity index (χ0n) is 9.00. The molecule has 84 valence electrons. The van der Waals surface area contributed by atoms with Gasteiger partial charge in [0.1, 0.15) is 0 Å². The van der Waals surface area contributed by atoms with Gasteiger partial charge in [0.2, 0.25) is 0 Å². The molecule has 0 aliphatic carbocycles. The summed E-state index contributed by atoms with van der Waals surface area (Å²) < 4.78 is 0. The van der Waals surface area contributed by atoms with E-state index in [9.17, 15) is 0 Å². The molecule has 2 N–H and O–H groups in total. The molecule has 0 saturated carbocycles. The third kappa shape index (κ3) is 3.65. The number of nitrogens with zero attached hydrogens (tertiary/aromatic N) is 1. The van der Waals surface area contributed by atoms with Gasteiger partial charge in [0, 0.05) is 6.04 Å². The van der Waals surface area contributed by atoms with Crippen LogP contribution in [0.1, 0.15) is 18.0 Å². The molecular weight excluding hydrogens is 231 g/mol. The second kappa shape index (κ2) is 5.71. The van der Waals surface area contributed by atoms with Crippen LogP contribution in [0.2, 0.25) is 10.0 Å². The summed E-state index contributed by atoms with van der Waals surface area (Å²) in [5.41, 5.74) is 6.97. The van der Waals surface area contributed by atoms with Crippen molar-refractivity contribution >= 4 is 23.2 Å². The molecule has 0 bridgehead atoms. The molecule has 2 nitrogen and oxygen atoms in total. The Morgan fingerprint density at radius 2 is 2.00 bits per heavy atom. The van der Waals surface area contributed by atoms with Gasteiger partial charge in [-0.1, -0.05) is 35.3 Å². The quantitative estimate of drug-likeness (QED) is 0.886. The Hall–Kier alpha value is -0.280. The highest BCUT2D eigenvalue weighted by molar-refractivity contribution is 6.42. The smallest absolute Gasteiger partial charge is 0.0640 e. The lowest BCUT2D eigenvalue weighted by molar-refractivity contribution is 0.382. The SMILES string of the molecule is CN(C)CCC(N)c1cccc(Cl)c1Cl. The fourth-order valence-corrected chi connectivity index (χ4v) is 1.81. The Labute approximate surface area is 101 Å². The maximum Gasteiger partial charge on any atom is 0.0640 e. The largest absolute Gasteiger partial charge is 0.324 e. The summed E-state index contributed by atoms with van der Waals surface area (Å²) in [6.07, 6.45) is 0.868. The van der Waals surface area contributed by atoms with E-state index >= 15 is 0 Å². The lowest BCUT2D eigenvalue weighted by atomic mass is 10.0. The zero-order valence-corrected chi connectivity index (χ0v) is 10.5. The van der Waals surface area contributed by atoms with Crippen LogP contribution in [-0.4, -0.2) is 25.5 Å². The Balaban J connectivity index is 2.73. The van der Waals surface area contributed by atoms with Crippen molar-refractivity contribution in [1.29, 1.82) is 0 Å². The average molecular weight is 247 g/mol. The summed E-state index contributed by atoms with van der Waals surface area (Å²) in [7, 11) is 4.04. The Morgan fingerprint density at radius 1 is 1.33 bits per heavy atom. The van der Waals surface area contributed by atoms with Crippen LogP contribution in [0.4, 0.5) is 0 Å². The molecule has 0 aromatic heterocycles. The molecule has 0 fully saturated rings. The summed E-state index contributed by atoms with van der Waals surface area (Å²) in [5.74, 6) is 0. The van der Waals surface area contributed by atoms with E-state index in [1.54, 1.807) is 6.07 Å². The molecule has 15 heavy (non-hydrogen) atoms. The first kappa shape index (κ1) is 12.8. The third-order valence-electron chi connectivity index (χ3n) is 2.27. The molecule has 1 atom stereocenters. The van der Waals surface area contributed by atoms with E-state index in [4.69, 9.17) is 28.9 Å². The monoisotopic (exact) mass is 246 g/mol. The van der Waals surface area contributed by atoms with Crippen molar-refractivity contribution in [2.45, 2.75) is 12.5 Å². The van der Waals surface area contributed by atoms with Crippen LogP contribution in [0, 0.1) is 0 Å². The van der Waals surface area contributed by atoms with Crippen LogP contribution in [0.3, 0.4) is 0 Å². The van der Waals surface area contributed by atoms with Crippen molar-refractivity contribution in [1.82, 2.24) is 4.90 Å². The number of halogens is 2. The van der Waals surface area contributed by atoms with Crippen LogP contribution in [-0.2, 0) is 0 Å². The topological polar surface area (TPSA) is 29.3 Å². The lowest BCUT2D eigenvalue weighted by Gasteiger charge is -2.17. The first-order valence-electron chi connectivity index (χ1n) is 4.86. The fourth-order valence-electron chi connectivity index (χ4n) is 1.36. The van der Waals surface area contributed by atoms with Gasteiger partial charge < -0.3 is 10.6 Å². The molecule has 4 heteroatoms. The molecule has 0 heterocycles. The van der Waals surface area contributed by atoms with Gasteiger partial charge >= 0.3 is 0 Å². The molecule has 0 aliphatic heterocycles. The predicted molar refractivity (Wildman–Crippen MR) is 66.6 cm³/mol. The van der Waals surface area contributed by atoms with Crippen LogP contribution in [0.15, 0.2) is 18.2 Å². The number of hydrogen-bond donors (Lipinski definition) is 1. The maximum atomic E-state index is 6.08. The van der Waals surface area contributed by atoms with Crippen molar-refractivity contribution in [3.05, 3.63) is 33.8 Å². The Bertz CT molecular complexity index is 326. The summed E-state index contributed by atoms with van der Waals surface area (Å²) in [4.78, 5) is 2.10. The molecule has 0 aliphatic rings. The van der Waals surface area contributed by atoms with E-state index in [2.05, 4.69) is 4.90 Å². The molecule has 1 unspecified atom stereocenters. The lowest BCUT2D eigenvalue weighted by Crippen LogP contribution is -2.20. The summed E-state index contributed by atoms with van der Waals surface area (Å²) in [5, 5.41) is 1.14. The highest BCUT2D eigenvalue weighted by Gasteiger charge is 2.12. The average Bonchev–Trinajstić information content (AvgIpc) is 2.18. The van der Waals surface area contributed by atoms with Gasteiger partial charge in [-0.15, -0.1) is 0 Å². The van der Waals surface area contributed by atoms with Gasteiger partial charge in [-0.2, -0.15) is 0 Å². The number of nitrogens with two attached hydrogens (primary N) is 1. The van der Waals surface area contributed by atoms with Crippen molar-refractivity contribution < 1.29 is 0 Å². The van der Waals surface area contributed by atoms with Crippen molar-refractivity contribution in [2.24, 2.45) is 5.73 Å². The maximum absolute atomic E-state index is 6.08. The second-order valence-corrected chi connectivity index (χ2v) is 4.63. The number of hydrogen-bond acceptors (Lipinski definition) is 2. The molecule has 0 amide bonds. The number of rotatable bonds is 4. The summed E-state index contributed by atoms with van der Waals surface area (Å²) in [6, 6.07) is 5.51. The minimum absolute atomic E-state index is 0.0569. The van der Waals surface area contributed by atoms with E-state index in [-0.39, 0.29) is 6.04 Å². The molecule has 0 saturated heterocycles. The highest BCUT2D eigenvalue weighted by atomic mass is 35.5. The summed E-state index contributed by atoms with van der Waals surface area (Å²) in [6.45, 7) is 0.935. The van der Waals surface area contributed by atoms with Gasteiger partial charge in [0.15, 0.2) is 0 Å². The first-order chi connectivity index (χ1) is 7.02. The van der Waals surface area contributed by atoms with E-state index in [0.29, 0.717) is 10.0 Å². The van der Waals surface area contributed by atoms with Crippen LogP contribution >= 0.6 is 23.2 Å². The molecule has 1 aromatic carbocycles. The first-order valence-corrected chi connectivity index (χ1v) is 5.62. The molecule has 1 rings (SSSR count). The standard InChI is InChI=1S/C11H16Cl2N2/c1-15(2)7-6-10(14)8-4-3-5-9(12)11(8)13/h3-5,10H,6-7,14H2,1-2H3. The van der Waals surface area contributed by atoms with Crippen LogP contribution in [0.25, 0.3) is 0 Å². The summed E-state index contributed by atoms with van der Waals surface area (Å²) >= 11 is 12.0. The van der Waals surface area contributed by atoms with Crippen LogP contribution < -0.4 is 5.73 Å². The molecule has 0 radical (unpaired) electrons. The van der Waals surface area contributed by atoms with Gasteiger partial charge in [0.05, 0.1) is 10.0 Å².